The summed E-state index contributed by atoms with van der Waals surface area (Å²) >= 11 is 0. The summed E-state index contributed by atoms with van der Waals surface area (Å²) in [6.07, 6.45) is 3.19. The minimum atomic E-state index is -0.419. The number of hydrogen-bond donors (Lipinski definition) is 2. The average Bonchev–Trinajstić information content (AvgIpc) is 2.76. The molecule has 5 heteroatoms. The normalized spacial score (nSPS) is 26.4. The SMILES string of the molecule is CC(C)(C)OC(=O)N[C@@H]1CCN(C2CCNCC2)C1. The van der Waals surface area contributed by atoms with Crippen molar-refractivity contribution < 1.29 is 9.53 Å². The molecule has 2 rings (SSSR count). The number of likely N-dealkylation sites (tertiary alicyclic amines) is 1. The van der Waals surface area contributed by atoms with E-state index in [1.807, 2.05) is 20.8 Å². The fraction of sp³-hybridized carbons (Fsp3) is 0.929. The van der Waals surface area contributed by atoms with Crippen molar-refractivity contribution in [2.75, 3.05) is 26.2 Å². The van der Waals surface area contributed by atoms with Gasteiger partial charge in [-0.15, -0.1) is 0 Å². The van der Waals surface area contributed by atoms with E-state index in [1.54, 1.807) is 0 Å². The Morgan fingerprint density at radius 2 is 1.95 bits per heavy atom. The summed E-state index contributed by atoms with van der Waals surface area (Å²) in [6.45, 7) is 9.96. The summed E-state index contributed by atoms with van der Waals surface area (Å²) in [5.74, 6) is 0. The van der Waals surface area contributed by atoms with Crippen molar-refractivity contribution in [3.05, 3.63) is 0 Å². The third kappa shape index (κ3) is 4.66. The molecule has 1 amide bonds. The highest BCUT2D eigenvalue weighted by Gasteiger charge is 2.30. The van der Waals surface area contributed by atoms with E-state index >= 15 is 0 Å². The number of carbonyl (C=O) groups excluding carboxylic acids is 1. The molecule has 0 aromatic carbocycles. The van der Waals surface area contributed by atoms with Crippen LogP contribution in [0.1, 0.15) is 40.0 Å². The number of amides is 1. The lowest BCUT2D eigenvalue weighted by Crippen LogP contribution is -2.45. The molecule has 19 heavy (non-hydrogen) atoms. The third-order valence-electron chi connectivity index (χ3n) is 3.77. The Balaban J connectivity index is 1.74. The van der Waals surface area contributed by atoms with E-state index in [0.717, 1.165) is 32.6 Å². The Kier molecular flexibility index (Phi) is 4.68. The third-order valence-corrected chi connectivity index (χ3v) is 3.77. The maximum Gasteiger partial charge on any atom is 0.407 e. The van der Waals surface area contributed by atoms with Gasteiger partial charge < -0.3 is 15.4 Å². The van der Waals surface area contributed by atoms with E-state index in [9.17, 15) is 4.79 Å². The van der Waals surface area contributed by atoms with E-state index in [2.05, 4.69) is 15.5 Å². The zero-order chi connectivity index (χ0) is 13.9. The molecule has 2 aliphatic rings. The Labute approximate surface area is 116 Å². The van der Waals surface area contributed by atoms with Crippen molar-refractivity contribution in [2.24, 2.45) is 0 Å². The molecule has 2 N–H and O–H groups in total. The molecule has 5 nitrogen and oxygen atoms in total. The van der Waals surface area contributed by atoms with Gasteiger partial charge in [-0.1, -0.05) is 0 Å². The monoisotopic (exact) mass is 269 g/mol. The second-order valence-corrected chi connectivity index (χ2v) is 6.61. The zero-order valence-corrected chi connectivity index (χ0v) is 12.4. The Hall–Kier alpha value is -0.810. The number of piperidine rings is 1. The first kappa shape index (κ1) is 14.6. The molecule has 0 aromatic rings. The minimum Gasteiger partial charge on any atom is -0.444 e. The van der Waals surface area contributed by atoms with Crippen LogP contribution in [0, 0.1) is 0 Å². The average molecular weight is 269 g/mol. The molecular formula is C14H27N3O2. The van der Waals surface area contributed by atoms with Crippen molar-refractivity contribution >= 4 is 6.09 Å². The van der Waals surface area contributed by atoms with Crippen LogP contribution >= 0.6 is 0 Å². The first-order valence-corrected chi connectivity index (χ1v) is 7.38. The van der Waals surface area contributed by atoms with Gasteiger partial charge in [-0.2, -0.15) is 0 Å². The Morgan fingerprint density at radius 3 is 2.58 bits per heavy atom. The highest BCUT2D eigenvalue weighted by Crippen LogP contribution is 2.19. The molecule has 110 valence electrons. The number of rotatable bonds is 2. The van der Waals surface area contributed by atoms with Crippen LogP contribution in [0.25, 0.3) is 0 Å². The number of nitrogens with one attached hydrogen (secondary N) is 2. The smallest absolute Gasteiger partial charge is 0.407 e. The summed E-state index contributed by atoms with van der Waals surface area (Å²) in [6, 6.07) is 0.927. The van der Waals surface area contributed by atoms with Gasteiger partial charge in [-0.05, 0) is 53.1 Å². The van der Waals surface area contributed by atoms with Gasteiger partial charge in [0.05, 0.1) is 0 Å². The van der Waals surface area contributed by atoms with E-state index in [4.69, 9.17) is 4.74 Å². The van der Waals surface area contributed by atoms with Crippen molar-refractivity contribution in [3.8, 4) is 0 Å². The molecule has 0 unspecified atom stereocenters. The van der Waals surface area contributed by atoms with E-state index in [1.165, 1.54) is 12.8 Å². The largest absolute Gasteiger partial charge is 0.444 e. The number of nitrogens with zero attached hydrogens (tertiary/aromatic N) is 1. The fourth-order valence-corrected chi connectivity index (χ4v) is 2.88. The van der Waals surface area contributed by atoms with Crippen LogP contribution in [-0.4, -0.2) is 54.9 Å². The molecule has 0 saturated carbocycles. The van der Waals surface area contributed by atoms with Crippen LogP contribution < -0.4 is 10.6 Å². The number of hydrogen-bond acceptors (Lipinski definition) is 4. The van der Waals surface area contributed by atoms with Gasteiger partial charge in [0, 0.05) is 25.2 Å². The van der Waals surface area contributed by atoms with Crippen LogP contribution in [0.4, 0.5) is 4.79 Å². The Morgan fingerprint density at radius 1 is 1.26 bits per heavy atom. The summed E-state index contributed by atoms with van der Waals surface area (Å²) in [4.78, 5) is 14.3. The highest BCUT2D eigenvalue weighted by molar-refractivity contribution is 5.68. The predicted octanol–water partition coefficient (Wildman–Crippen LogP) is 1.34. The minimum absolute atomic E-state index is 0.240. The van der Waals surface area contributed by atoms with Crippen LogP contribution in [0.2, 0.25) is 0 Å². The molecule has 0 aliphatic carbocycles. The maximum atomic E-state index is 11.7. The lowest BCUT2D eigenvalue weighted by atomic mass is 10.1. The van der Waals surface area contributed by atoms with Gasteiger partial charge in [0.2, 0.25) is 0 Å². The van der Waals surface area contributed by atoms with Gasteiger partial charge >= 0.3 is 6.09 Å². The van der Waals surface area contributed by atoms with E-state index in [0.29, 0.717) is 6.04 Å². The summed E-state index contributed by atoms with van der Waals surface area (Å²) < 4.78 is 5.30. The topological polar surface area (TPSA) is 53.6 Å². The summed E-state index contributed by atoms with van der Waals surface area (Å²) in [5, 5.41) is 6.38. The molecule has 0 spiro atoms. The predicted molar refractivity (Wildman–Crippen MR) is 75.2 cm³/mol. The first-order valence-electron chi connectivity index (χ1n) is 7.38. The van der Waals surface area contributed by atoms with Gasteiger partial charge in [0.1, 0.15) is 5.60 Å². The maximum absolute atomic E-state index is 11.7. The molecular weight excluding hydrogens is 242 g/mol. The zero-order valence-electron chi connectivity index (χ0n) is 12.4. The molecule has 1 atom stereocenters. The molecule has 2 fully saturated rings. The van der Waals surface area contributed by atoms with Crippen LogP contribution in [0.5, 0.6) is 0 Å². The van der Waals surface area contributed by atoms with Crippen molar-refractivity contribution in [2.45, 2.75) is 57.7 Å². The molecule has 2 heterocycles. The van der Waals surface area contributed by atoms with Gasteiger partial charge in [-0.3, -0.25) is 4.90 Å². The Bertz CT molecular complexity index is 308. The van der Waals surface area contributed by atoms with Crippen LogP contribution in [0.15, 0.2) is 0 Å². The van der Waals surface area contributed by atoms with Crippen molar-refractivity contribution in [1.29, 1.82) is 0 Å². The van der Waals surface area contributed by atoms with Gasteiger partial charge in [0.25, 0.3) is 0 Å². The number of alkyl carbamates (subject to hydrolysis) is 1. The standard InChI is InChI=1S/C14H27N3O2/c1-14(2,3)19-13(18)16-11-6-9-17(10-11)12-4-7-15-8-5-12/h11-12,15H,4-10H2,1-3H3,(H,16,18)/t11-/m1/s1. The number of carbonyl (C=O) groups is 1. The lowest BCUT2D eigenvalue weighted by Gasteiger charge is -2.31. The lowest BCUT2D eigenvalue weighted by molar-refractivity contribution is 0.0503. The quantitative estimate of drug-likeness (QED) is 0.794. The summed E-state index contributed by atoms with van der Waals surface area (Å²) in [5.41, 5.74) is -0.419. The van der Waals surface area contributed by atoms with Crippen LogP contribution in [-0.2, 0) is 4.74 Å². The second kappa shape index (κ2) is 6.09. The molecule has 0 bridgehead atoms. The van der Waals surface area contributed by atoms with Gasteiger partial charge in [-0.25, -0.2) is 4.79 Å². The second-order valence-electron chi connectivity index (χ2n) is 6.61. The molecule has 0 aromatic heterocycles. The van der Waals surface area contributed by atoms with Crippen molar-refractivity contribution in [3.63, 3.8) is 0 Å². The first-order chi connectivity index (χ1) is 8.94. The molecule has 2 aliphatic heterocycles. The summed E-state index contributed by atoms with van der Waals surface area (Å²) in [7, 11) is 0. The van der Waals surface area contributed by atoms with Crippen molar-refractivity contribution in [1.82, 2.24) is 15.5 Å². The molecule has 2 saturated heterocycles. The van der Waals surface area contributed by atoms with E-state index in [-0.39, 0.29) is 12.1 Å². The number of ether oxygens (including phenoxy) is 1. The van der Waals surface area contributed by atoms with Gasteiger partial charge in [0.15, 0.2) is 0 Å². The highest BCUT2D eigenvalue weighted by atomic mass is 16.6. The fourth-order valence-electron chi connectivity index (χ4n) is 2.88. The van der Waals surface area contributed by atoms with Crippen LogP contribution in [0.3, 0.4) is 0 Å². The molecule has 0 radical (unpaired) electrons. The van der Waals surface area contributed by atoms with E-state index < -0.39 is 5.60 Å².